The SMILES string of the molecule is Clc1ccc(NCc2c[nH]c3cc(Cl)ccc23)cc1. The normalized spacial score (nSPS) is 10.8. The number of anilines is 1. The molecule has 2 N–H and O–H groups in total. The number of benzene rings is 2. The lowest BCUT2D eigenvalue weighted by atomic mass is 10.2. The van der Waals surface area contributed by atoms with Crippen LogP contribution in [0.4, 0.5) is 5.69 Å². The molecule has 19 heavy (non-hydrogen) atoms. The molecule has 3 rings (SSSR count). The zero-order valence-corrected chi connectivity index (χ0v) is 11.6. The predicted molar refractivity (Wildman–Crippen MR) is 82.1 cm³/mol. The summed E-state index contributed by atoms with van der Waals surface area (Å²) >= 11 is 11.8. The van der Waals surface area contributed by atoms with Crippen molar-refractivity contribution in [1.82, 2.24) is 4.98 Å². The van der Waals surface area contributed by atoms with Gasteiger partial charge in [-0.1, -0.05) is 29.3 Å². The van der Waals surface area contributed by atoms with E-state index in [0.717, 1.165) is 27.8 Å². The van der Waals surface area contributed by atoms with Crippen molar-refractivity contribution in [3.8, 4) is 0 Å². The van der Waals surface area contributed by atoms with Crippen LogP contribution in [0.3, 0.4) is 0 Å². The van der Waals surface area contributed by atoms with E-state index < -0.39 is 0 Å². The highest BCUT2D eigenvalue weighted by Crippen LogP contribution is 2.23. The molecule has 96 valence electrons. The van der Waals surface area contributed by atoms with Crippen LogP contribution in [0.2, 0.25) is 10.0 Å². The number of aromatic nitrogens is 1. The Morgan fingerprint density at radius 3 is 2.47 bits per heavy atom. The fourth-order valence-corrected chi connectivity index (χ4v) is 2.37. The van der Waals surface area contributed by atoms with Crippen LogP contribution in [0.15, 0.2) is 48.7 Å². The van der Waals surface area contributed by atoms with Crippen molar-refractivity contribution in [2.45, 2.75) is 6.54 Å². The molecule has 3 aromatic rings. The Labute approximate surface area is 121 Å². The first kappa shape index (κ1) is 12.4. The van der Waals surface area contributed by atoms with E-state index in [-0.39, 0.29) is 0 Å². The molecule has 0 saturated heterocycles. The van der Waals surface area contributed by atoms with Gasteiger partial charge in [-0.05, 0) is 42.0 Å². The first-order valence-corrected chi connectivity index (χ1v) is 6.73. The Morgan fingerprint density at radius 1 is 0.947 bits per heavy atom. The third-order valence-corrected chi connectivity index (χ3v) is 3.54. The second-order valence-electron chi connectivity index (χ2n) is 4.36. The molecular weight excluding hydrogens is 279 g/mol. The zero-order valence-electron chi connectivity index (χ0n) is 10.1. The van der Waals surface area contributed by atoms with Crippen molar-refractivity contribution in [2.24, 2.45) is 0 Å². The average molecular weight is 291 g/mol. The first-order chi connectivity index (χ1) is 9.22. The minimum Gasteiger partial charge on any atom is -0.381 e. The maximum atomic E-state index is 5.97. The Morgan fingerprint density at radius 2 is 1.68 bits per heavy atom. The molecule has 0 radical (unpaired) electrons. The summed E-state index contributed by atoms with van der Waals surface area (Å²) in [4.78, 5) is 3.23. The number of aromatic amines is 1. The molecule has 0 unspecified atom stereocenters. The summed E-state index contributed by atoms with van der Waals surface area (Å²) in [5.41, 5.74) is 3.31. The van der Waals surface area contributed by atoms with Crippen molar-refractivity contribution in [2.75, 3.05) is 5.32 Å². The third kappa shape index (κ3) is 2.70. The quantitative estimate of drug-likeness (QED) is 0.691. The molecule has 0 aliphatic rings. The van der Waals surface area contributed by atoms with E-state index in [9.17, 15) is 0 Å². The van der Waals surface area contributed by atoms with Crippen LogP contribution in [0.5, 0.6) is 0 Å². The molecule has 0 fully saturated rings. The fourth-order valence-electron chi connectivity index (χ4n) is 2.07. The second kappa shape index (κ2) is 5.16. The second-order valence-corrected chi connectivity index (χ2v) is 5.24. The molecule has 4 heteroatoms. The van der Waals surface area contributed by atoms with Crippen LogP contribution in [0, 0.1) is 0 Å². The van der Waals surface area contributed by atoms with Gasteiger partial charge in [0, 0.05) is 39.4 Å². The molecule has 0 bridgehead atoms. The number of rotatable bonds is 3. The molecule has 0 atom stereocenters. The Kier molecular flexibility index (Phi) is 3.36. The summed E-state index contributed by atoms with van der Waals surface area (Å²) in [6.07, 6.45) is 2.00. The van der Waals surface area contributed by atoms with Gasteiger partial charge >= 0.3 is 0 Å². The van der Waals surface area contributed by atoms with Gasteiger partial charge in [-0.15, -0.1) is 0 Å². The maximum Gasteiger partial charge on any atom is 0.0472 e. The number of halogens is 2. The zero-order chi connectivity index (χ0) is 13.2. The third-order valence-electron chi connectivity index (χ3n) is 3.06. The van der Waals surface area contributed by atoms with Crippen molar-refractivity contribution in [3.05, 3.63) is 64.3 Å². The van der Waals surface area contributed by atoms with Gasteiger partial charge in [0.25, 0.3) is 0 Å². The van der Waals surface area contributed by atoms with E-state index in [2.05, 4.69) is 10.3 Å². The van der Waals surface area contributed by atoms with Gasteiger partial charge in [0.05, 0.1) is 0 Å². The largest absolute Gasteiger partial charge is 0.381 e. The summed E-state index contributed by atoms with van der Waals surface area (Å²) in [5.74, 6) is 0. The van der Waals surface area contributed by atoms with Crippen LogP contribution >= 0.6 is 23.2 Å². The minimum atomic E-state index is 0.742. The number of nitrogens with one attached hydrogen (secondary N) is 2. The van der Waals surface area contributed by atoms with Crippen molar-refractivity contribution < 1.29 is 0 Å². The number of hydrogen-bond acceptors (Lipinski definition) is 1. The molecule has 1 aromatic heterocycles. The van der Waals surface area contributed by atoms with E-state index in [0.29, 0.717) is 0 Å². The molecule has 1 heterocycles. The molecule has 2 nitrogen and oxygen atoms in total. The predicted octanol–water partition coefficient (Wildman–Crippen LogP) is 5.09. The van der Waals surface area contributed by atoms with Crippen LogP contribution in [0.25, 0.3) is 10.9 Å². The first-order valence-electron chi connectivity index (χ1n) is 5.97. The van der Waals surface area contributed by atoms with Gasteiger partial charge in [0.1, 0.15) is 0 Å². The maximum absolute atomic E-state index is 5.97. The van der Waals surface area contributed by atoms with Crippen LogP contribution in [-0.2, 0) is 6.54 Å². The van der Waals surface area contributed by atoms with Crippen LogP contribution in [0.1, 0.15) is 5.56 Å². The lowest BCUT2D eigenvalue weighted by Gasteiger charge is -2.05. The summed E-state index contributed by atoms with van der Waals surface area (Å²) in [5, 5.41) is 6.04. The van der Waals surface area contributed by atoms with Crippen molar-refractivity contribution in [1.29, 1.82) is 0 Å². The molecule has 0 aliphatic heterocycles. The van der Waals surface area contributed by atoms with Gasteiger partial charge < -0.3 is 10.3 Å². The molecule has 0 amide bonds. The van der Waals surface area contributed by atoms with Crippen LogP contribution in [-0.4, -0.2) is 4.98 Å². The molecule has 0 saturated carbocycles. The van der Waals surface area contributed by atoms with Gasteiger partial charge in [0.15, 0.2) is 0 Å². The van der Waals surface area contributed by atoms with E-state index >= 15 is 0 Å². The van der Waals surface area contributed by atoms with Crippen molar-refractivity contribution in [3.63, 3.8) is 0 Å². The van der Waals surface area contributed by atoms with E-state index in [1.54, 1.807) is 0 Å². The highest BCUT2D eigenvalue weighted by atomic mass is 35.5. The molecular formula is C15H12Cl2N2. The molecule has 0 aliphatic carbocycles. The average Bonchev–Trinajstić information content (AvgIpc) is 2.80. The fraction of sp³-hybridized carbons (Fsp3) is 0.0667. The monoisotopic (exact) mass is 290 g/mol. The Hall–Kier alpha value is -1.64. The number of fused-ring (bicyclic) bond motifs is 1. The minimum absolute atomic E-state index is 0.742. The standard InChI is InChI=1S/C15H12Cl2N2/c16-11-1-4-13(5-2-11)18-8-10-9-19-15-7-12(17)3-6-14(10)15/h1-7,9,18-19H,8H2. The number of H-pyrrole nitrogens is 1. The summed E-state index contributed by atoms with van der Waals surface area (Å²) in [7, 11) is 0. The highest BCUT2D eigenvalue weighted by Gasteiger charge is 2.03. The van der Waals surface area contributed by atoms with Crippen molar-refractivity contribution >= 4 is 39.8 Å². The highest BCUT2D eigenvalue weighted by molar-refractivity contribution is 6.31. The lowest BCUT2D eigenvalue weighted by molar-refractivity contribution is 1.16. The summed E-state index contributed by atoms with van der Waals surface area (Å²) in [6, 6.07) is 13.6. The summed E-state index contributed by atoms with van der Waals surface area (Å²) in [6.45, 7) is 0.753. The lowest BCUT2D eigenvalue weighted by Crippen LogP contribution is -1.98. The molecule has 0 spiro atoms. The number of hydrogen-bond donors (Lipinski definition) is 2. The Bertz CT molecular complexity index is 702. The van der Waals surface area contributed by atoms with Gasteiger partial charge in [-0.2, -0.15) is 0 Å². The van der Waals surface area contributed by atoms with Crippen LogP contribution < -0.4 is 5.32 Å². The smallest absolute Gasteiger partial charge is 0.0472 e. The van der Waals surface area contributed by atoms with Gasteiger partial charge in [0.2, 0.25) is 0 Å². The van der Waals surface area contributed by atoms with E-state index in [4.69, 9.17) is 23.2 Å². The molecule has 2 aromatic carbocycles. The topological polar surface area (TPSA) is 27.8 Å². The van der Waals surface area contributed by atoms with E-state index in [1.807, 2.05) is 48.7 Å². The van der Waals surface area contributed by atoms with Gasteiger partial charge in [-0.25, -0.2) is 0 Å². The summed E-state index contributed by atoms with van der Waals surface area (Å²) < 4.78 is 0. The van der Waals surface area contributed by atoms with Gasteiger partial charge in [-0.3, -0.25) is 0 Å². The van der Waals surface area contributed by atoms with E-state index in [1.165, 1.54) is 10.9 Å². The Balaban J connectivity index is 1.80.